The number of hydrogen-bond acceptors (Lipinski definition) is 4. The molecule has 0 spiro atoms. The molecule has 0 unspecified atom stereocenters. The number of Topliss-reactive ketones (excluding diaryl/α,β-unsaturated/α-hetero) is 1. The molecule has 1 N–H and O–H groups in total. The molecule has 1 aliphatic heterocycles. The number of carbonyl (C=O) groups excluding carboxylic acids is 1. The third kappa shape index (κ3) is 2.55. The quantitative estimate of drug-likeness (QED) is 0.862. The van der Waals surface area contributed by atoms with E-state index in [-0.39, 0.29) is 5.78 Å². The molecular weight excluding hydrogens is 282 g/mol. The number of rotatable bonds is 2. The van der Waals surface area contributed by atoms with Crippen LogP contribution in [-0.4, -0.2) is 33.5 Å². The van der Waals surface area contributed by atoms with Crippen molar-refractivity contribution in [3.8, 4) is 11.1 Å². The molecule has 6 heteroatoms. The van der Waals surface area contributed by atoms with Crippen LogP contribution in [0.25, 0.3) is 11.1 Å². The lowest BCUT2D eigenvalue weighted by Crippen LogP contribution is -2.34. The van der Waals surface area contributed by atoms with Crippen LogP contribution in [0.2, 0.25) is 0 Å². The zero-order chi connectivity index (χ0) is 15.7. The number of fused-ring (bicyclic) bond motifs is 1. The van der Waals surface area contributed by atoms with Gasteiger partial charge in [0.1, 0.15) is 5.82 Å². The van der Waals surface area contributed by atoms with Crippen LogP contribution in [0.5, 0.6) is 0 Å². The number of anilines is 1. The van der Waals surface area contributed by atoms with Gasteiger partial charge in [0.25, 0.3) is 0 Å². The van der Waals surface area contributed by atoms with Crippen LogP contribution >= 0.6 is 0 Å². The second kappa shape index (κ2) is 5.55. The molecule has 0 saturated heterocycles. The van der Waals surface area contributed by atoms with Gasteiger partial charge in [-0.1, -0.05) is 0 Å². The molecule has 0 bridgehead atoms. The van der Waals surface area contributed by atoms with Crippen molar-refractivity contribution in [2.75, 3.05) is 11.4 Å². The van der Waals surface area contributed by atoms with Crippen LogP contribution in [0.15, 0.2) is 30.7 Å². The van der Waals surface area contributed by atoms with Gasteiger partial charge in [0.15, 0.2) is 5.78 Å². The van der Waals surface area contributed by atoms with E-state index in [4.69, 9.17) is 0 Å². The molecule has 1 aliphatic rings. The Labute approximate surface area is 127 Å². The second-order valence-electron chi connectivity index (χ2n) is 5.26. The predicted molar refractivity (Wildman–Crippen MR) is 81.2 cm³/mol. The summed E-state index contributed by atoms with van der Waals surface area (Å²) in [5, 5.41) is 9.21. The number of aryl methyl sites for hydroxylation is 1. The van der Waals surface area contributed by atoms with E-state index in [1.807, 2.05) is 6.07 Å². The third-order valence-corrected chi connectivity index (χ3v) is 3.74. The molecule has 0 aromatic carbocycles. The summed E-state index contributed by atoms with van der Waals surface area (Å²) < 4.78 is 0. The van der Waals surface area contributed by atoms with Gasteiger partial charge in [-0.2, -0.15) is 0 Å². The first-order chi connectivity index (χ1) is 10.6. The monoisotopic (exact) mass is 297 g/mol. The lowest BCUT2D eigenvalue weighted by Gasteiger charge is -2.26. The minimum Gasteiger partial charge on any atom is -0.465 e. The summed E-state index contributed by atoms with van der Waals surface area (Å²) in [7, 11) is 0. The van der Waals surface area contributed by atoms with Gasteiger partial charge in [0.2, 0.25) is 0 Å². The predicted octanol–water partition coefficient (Wildman–Crippen LogP) is 2.78. The summed E-state index contributed by atoms with van der Waals surface area (Å²) in [6, 6.07) is 3.70. The first-order valence-corrected chi connectivity index (χ1v) is 7.02. The van der Waals surface area contributed by atoms with Crippen molar-refractivity contribution in [2.24, 2.45) is 0 Å². The van der Waals surface area contributed by atoms with Gasteiger partial charge in [-0.25, -0.2) is 9.78 Å². The molecule has 0 fully saturated rings. The minimum absolute atomic E-state index is 0.0441. The maximum atomic E-state index is 11.5. The maximum Gasteiger partial charge on any atom is 0.413 e. The smallest absolute Gasteiger partial charge is 0.413 e. The van der Waals surface area contributed by atoms with Crippen molar-refractivity contribution in [3.63, 3.8) is 0 Å². The Morgan fingerprint density at radius 2 is 1.95 bits per heavy atom. The van der Waals surface area contributed by atoms with Crippen LogP contribution in [0.4, 0.5) is 10.6 Å². The van der Waals surface area contributed by atoms with E-state index in [9.17, 15) is 14.7 Å². The molecular formula is C16H15N3O3. The fourth-order valence-electron chi connectivity index (χ4n) is 2.60. The highest BCUT2D eigenvalue weighted by atomic mass is 16.4. The maximum absolute atomic E-state index is 11.5. The zero-order valence-corrected chi connectivity index (χ0v) is 12.1. The molecule has 3 rings (SSSR count). The number of carboxylic acid groups (broad SMARTS) is 1. The molecule has 22 heavy (non-hydrogen) atoms. The van der Waals surface area contributed by atoms with E-state index in [1.165, 1.54) is 18.0 Å². The summed E-state index contributed by atoms with van der Waals surface area (Å²) in [4.78, 5) is 32.3. The van der Waals surface area contributed by atoms with Crippen molar-refractivity contribution in [2.45, 2.75) is 19.8 Å². The highest BCUT2D eigenvalue weighted by Crippen LogP contribution is 2.29. The number of aromatic nitrogens is 2. The van der Waals surface area contributed by atoms with Gasteiger partial charge in [-0.3, -0.25) is 14.7 Å². The van der Waals surface area contributed by atoms with Crippen molar-refractivity contribution < 1.29 is 14.7 Å². The van der Waals surface area contributed by atoms with Gasteiger partial charge >= 0.3 is 6.09 Å². The molecule has 3 heterocycles. The van der Waals surface area contributed by atoms with E-state index in [2.05, 4.69) is 9.97 Å². The summed E-state index contributed by atoms with van der Waals surface area (Å²) in [5.41, 5.74) is 3.08. The summed E-state index contributed by atoms with van der Waals surface area (Å²) in [6.45, 7) is 1.96. The summed E-state index contributed by atoms with van der Waals surface area (Å²) in [6.07, 6.45) is 5.41. The Hall–Kier alpha value is -2.76. The Kier molecular flexibility index (Phi) is 3.58. The van der Waals surface area contributed by atoms with E-state index in [1.54, 1.807) is 18.5 Å². The molecule has 112 valence electrons. The Balaban J connectivity index is 2.02. The van der Waals surface area contributed by atoms with E-state index in [0.717, 1.165) is 29.5 Å². The number of nitrogens with zero attached hydrogens (tertiary/aromatic N) is 3. The minimum atomic E-state index is -0.985. The molecule has 2 aromatic heterocycles. The van der Waals surface area contributed by atoms with Crippen LogP contribution in [0, 0.1) is 0 Å². The van der Waals surface area contributed by atoms with Crippen LogP contribution in [0.3, 0.4) is 0 Å². The Morgan fingerprint density at radius 3 is 2.68 bits per heavy atom. The third-order valence-electron chi connectivity index (χ3n) is 3.74. The molecule has 0 radical (unpaired) electrons. The standard InChI is InChI=1S/C16H15N3O3/c1-10(20)12-6-13(8-17-7-12)14-5-11-3-2-4-19(16(21)22)15(11)18-9-14/h5-9H,2-4H2,1H3,(H,21,22). The fraction of sp³-hybridized carbons (Fsp3) is 0.250. The average Bonchev–Trinajstić information content (AvgIpc) is 2.53. The highest BCUT2D eigenvalue weighted by molar-refractivity contribution is 5.95. The first-order valence-electron chi connectivity index (χ1n) is 7.02. The lowest BCUT2D eigenvalue weighted by atomic mass is 10.0. The molecule has 0 saturated carbocycles. The van der Waals surface area contributed by atoms with E-state index < -0.39 is 6.09 Å². The van der Waals surface area contributed by atoms with Crippen molar-refractivity contribution in [1.82, 2.24) is 9.97 Å². The SMILES string of the molecule is CC(=O)c1cncc(-c2cnc3c(c2)CCCN3C(=O)O)c1. The van der Waals surface area contributed by atoms with Crippen LogP contribution in [-0.2, 0) is 6.42 Å². The molecule has 1 amide bonds. The molecule has 2 aromatic rings. The molecule has 0 atom stereocenters. The number of pyridine rings is 2. The molecule has 6 nitrogen and oxygen atoms in total. The lowest BCUT2D eigenvalue weighted by molar-refractivity contribution is 0.101. The zero-order valence-electron chi connectivity index (χ0n) is 12.1. The van der Waals surface area contributed by atoms with Gasteiger partial charge in [-0.05, 0) is 37.5 Å². The van der Waals surface area contributed by atoms with Gasteiger partial charge in [0, 0.05) is 41.8 Å². The number of hydrogen-bond donors (Lipinski definition) is 1. The topological polar surface area (TPSA) is 83.4 Å². The van der Waals surface area contributed by atoms with Gasteiger partial charge in [0.05, 0.1) is 0 Å². The Morgan fingerprint density at radius 1 is 1.18 bits per heavy atom. The summed E-state index contributed by atoms with van der Waals surface area (Å²) >= 11 is 0. The second-order valence-corrected chi connectivity index (χ2v) is 5.26. The van der Waals surface area contributed by atoms with E-state index >= 15 is 0 Å². The van der Waals surface area contributed by atoms with Crippen LogP contribution < -0.4 is 4.90 Å². The van der Waals surface area contributed by atoms with Crippen molar-refractivity contribution in [3.05, 3.63) is 41.9 Å². The number of ketones is 1. The van der Waals surface area contributed by atoms with Gasteiger partial charge in [-0.15, -0.1) is 0 Å². The first kappa shape index (κ1) is 14.2. The number of carbonyl (C=O) groups is 2. The van der Waals surface area contributed by atoms with Crippen molar-refractivity contribution >= 4 is 17.7 Å². The largest absolute Gasteiger partial charge is 0.465 e. The van der Waals surface area contributed by atoms with Crippen molar-refractivity contribution in [1.29, 1.82) is 0 Å². The Bertz CT molecular complexity index is 758. The fourth-order valence-corrected chi connectivity index (χ4v) is 2.60. The molecule has 0 aliphatic carbocycles. The van der Waals surface area contributed by atoms with Gasteiger partial charge < -0.3 is 5.11 Å². The summed E-state index contributed by atoms with van der Waals surface area (Å²) in [5.74, 6) is 0.454. The highest BCUT2D eigenvalue weighted by Gasteiger charge is 2.23. The average molecular weight is 297 g/mol. The normalized spacial score (nSPS) is 13.6. The van der Waals surface area contributed by atoms with Crippen LogP contribution in [0.1, 0.15) is 29.3 Å². The van der Waals surface area contributed by atoms with E-state index in [0.29, 0.717) is 17.9 Å². The number of amides is 1.